The van der Waals surface area contributed by atoms with E-state index in [4.69, 9.17) is 9.84 Å². The average Bonchev–Trinajstić information content (AvgIpc) is 3.68. The van der Waals surface area contributed by atoms with E-state index in [1.165, 1.54) is 0 Å². The van der Waals surface area contributed by atoms with Crippen molar-refractivity contribution in [2.45, 2.75) is 25.4 Å². The number of pyridine rings is 2. The van der Waals surface area contributed by atoms with Crippen LogP contribution in [0.3, 0.4) is 0 Å². The van der Waals surface area contributed by atoms with Crippen molar-refractivity contribution in [1.82, 2.24) is 44.3 Å². The molecule has 37 heavy (non-hydrogen) atoms. The van der Waals surface area contributed by atoms with E-state index in [1.807, 2.05) is 44.1 Å². The largest absolute Gasteiger partial charge is 0.481 e. The number of hydrogen-bond acceptors (Lipinski definition) is 8. The van der Waals surface area contributed by atoms with Crippen molar-refractivity contribution in [1.29, 1.82) is 5.26 Å². The van der Waals surface area contributed by atoms with Crippen LogP contribution in [0.25, 0.3) is 27.8 Å². The molecule has 0 spiro atoms. The van der Waals surface area contributed by atoms with Gasteiger partial charge in [0, 0.05) is 73.2 Å². The fourth-order valence-corrected chi connectivity index (χ4v) is 5.00. The summed E-state index contributed by atoms with van der Waals surface area (Å²) in [6.07, 6.45) is 13.6. The Labute approximate surface area is 213 Å². The molecule has 5 aromatic heterocycles. The van der Waals surface area contributed by atoms with Crippen molar-refractivity contribution in [3.05, 3.63) is 66.6 Å². The smallest absolute Gasteiger partial charge is 0.212 e. The minimum Gasteiger partial charge on any atom is -0.481 e. The molecule has 0 saturated carbocycles. The van der Waals surface area contributed by atoms with Crippen molar-refractivity contribution in [2.75, 3.05) is 20.2 Å². The van der Waals surface area contributed by atoms with Gasteiger partial charge in [0.15, 0.2) is 5.69 Å². The number of aromatic nitrogens is 8. The molecule has 0 radical (unpaired) electrons. The lowest BCUT2D eigenvalue weighted by Crippen LogP contribution is -2.36. The van der Waals surface area contributed by atoms with Crippen molar-refractivity contribution < 1.29 is 4.74 Å². The summed E-state index contributed by atoms with van der Waals surface area (Å²) in [5, 5.41) is 27.0. The summed E-state index contributed by atoms with van der Waals surface area (Å²) < 4.78 is 10.7. The lowest BCUT2D eigenvalue weighted by molar-refractivity contribution is 0.163. The molecule has 5 aromatic rings. The van der Waals surface area contributed by atoms with Gasteiger partial charge in [-0.1, -0.05) is 11.3 Å². The highest BCUT2D eigenvalue weighted by molar-refractivity contribution is 5.86. The van der Waals surface area contributed by atoms with Crippen LogP contribution in [0.15, 0.2) is 55.4 Å². The van der Waals surface area contributed by atoms with E-state index in [9.17, 15) is 5.26 Å². The molecule has 6 rings (SSSR count). The summed E-state index contributed by atoms with van der Waals surface area (Å²) in [4.78, 5) is 6.77. The summed E-state index contributed by atoms with van der Waals surface area (Å²) in [6, 6.07) is 8.45. The molecule has 0 aliphatic carbocycles. The number of rotatable bonds is 6. The van der Waals surface area contributed by atoms with Gasteiger partial charge in [0.1, 0.15) is 11.6 Å². The van der Waals surface area contributed by atoms with Gasteiger partial charge in [0.05, 0.1) is 25.5 Å². The number of nitrogens with zero attached hydrogens (tertiary/aromatic N) is 10. The van der Waals surface area contributed by atoms with Gasteiger partial charge in [-0.05, 0) is 31.0 Å². The lowest BCUT2D eigenvalue weighted by Gasteiger charge is -2.32. The molecule has 186 valence electrons. The van der Waals surface area contributed by atoms with Crippen LogP contribution in [0.1, 0.15) is 30.1 Å². The number of nitriles is 1. The average molecular weight is 495 g/mol. The second kappa shape index (κ2) is 9.48. The van der Waals surface area contributed by atoms with Crippen LogP contribution in [-0.2, 0) is 13.6 Å². The predicted molar refractivity (Wildman–Crippen MR) is 135 cm³/mol. The molecule has 1 atom stereocenters. The quantitative estimate of drug-likeness (QED) is 0.354. The molecule has 0 bridgehead atoms. The number of aryl methyl sites for hydroxylation is 1. The first-order chi connectivity index (χ1) is 18.1. The van der Waals surface area contributed by atoms with E-state index in [-0.39, 0.29) is 11.7 Å². The number of methoxy groups -OCH3 is 1. The Morgan fingerprint density at radius 1 is 1.08 bits per heavy atom. The molecule has 0 unspecified atom stereocenters. The van der Waals surface area contributed by atoms with Gasteiger partial charge in [-0.15, -0.1) is 5.10 Å². The minimum absolute atomic E-state index is 0.254. The molecule has 1 saturated heterocycles. The summed E-state index contributed by atoms with van der Waals surface area (Å²) in [5.41, 5.74) is 5.81. The number of likely N-dealkylation sites (tertiary alicyclic amines) is 1. The molecule has 6 heterocycles. The summed E-state index contributed by atoms with van der Waals surface area (Å²) in [7, 11) is 3.51. The lowest BCUT2D eigenvalue weighted by atomic mass is 10.0. The van der Waals surface area contributed by atoms with Gasteiger partial charge in [0.25, 0.3) is 0 Å². The first-order valence-electron chi connectivity index (χ1n) is 12.2. The maximum absolute atomic E-state index is 9.66. The monoisotopic (exact) mass is 494 g/mol. The molecule has 0 amide bonds. The fourth-order valence-electron chi connectivity index (χ4n) is 5.00. The topological polar surface area (TPSA) is 115 Å². The number of piperidine rings is 1. The SMILES string of the molecule is COc1ccc(CN2CCC[C@H](n3cc(-c4cc(-c5cnn(C)c5)cn5nnc(C#N)c45)cn3)C2)cn1. The van der Waals surface area contributed by atoms with Crippen LogP contribution in [0.2, 0.25) is 0 Å². The third-order valence-electron chi connectivity index (χ3n) is 6.84. The van der Waals surface area contributed by atoms with E-state index < -0.39 is 0 Å². The Kier molecular flexibility index (Phi) is 5.86. The van der Waals surface area contributed by atoms with E-state index in [0.717, 1.165) is 60.3 Å². The third kappa shape index (κ3) is 4.43. The third-order valence-corrected chi connectivity index (χ3v) is 6.84. The van der Waals surface area contributed by atoms with Gasteiger partial charge in [-0.3, -0.25) is 14.3 Å². The second-order valence-electron chi connectivity index (χ2n) is 9.34. The first kappa shape index (κ1) is 22.9. The Morgan fingerprint density at radius 3 is 2.73 bits per heavy atom. The van der Waals surface area contributed by atoms with Crippen LogP contribution in [0.4, 0.5) is 0 Å². The normalized spacial score (nSPS) is 16.2. The van der Waals surface area contributed by atoms with E-state index in [1.54, 1.807) is 16.3 Å². The Hall–Kier alpha value is -4.56. The molecular weight excluding hydrogens is 468 g/mol. The molecule has 0 aromatic carbocycles. The number of fused-ring (bicyclic) bond motifs is 1. The maximum Gasteiger partial charge on any atom is 0.212 e. The molecule has 1 fully saturated rings. The first-order valence-corrected chi connectivity index (χ1v) is 12.2. The number of ether oxygens (including phenoxy) is 1. The highest BCUT2D eigenvalue weighted by atomic mass is 16.5. The maximum atomic E-state index is 9.66. The van der Waals surface area contributed by atoms with Gasteiger partial charge < -0.3 is 4.74 Å². The van der Waals surface area contributed by atoms with Crippen LogP contribution in [0.5, 0.6) is 5.88 Å². The van der Waals surface area contributed by atoms with Crippen molar-refractivity contribution in [3.63, 3.8) is 0 Å². The summed E-state index contributed by atoms with van der Waals surface area (Å²) >= 11 is 0. The zero-order valence-electron chi connectivity index (χ0n) is 20.7. The van der Waals surface area contributed by atoms with Gasteiger partial charge in [0.2, 0.25) is 5.88 Å². The molecular formula is C26H26N10O. The van der Waals surface area contributed by atoms with E-state index in [0.29, 0.717) is 11.4 Å². The molecule has 0 N–H and O–H groups in total. The Morgan fingerprint density at radius 2 is 1.97 bits per heavy atom. The van der Waals surface area contributed by atoms with Crippen molar-refractivity contribution in [2.24, 2.45) is 7.05 Å². The van der Waals surface area contributed by atoms with E-state index >= 15 is 0 Å². The summed E-state index contributed by atoms with van der Waals surface area (Å²) in [5.74, 6) is 0.624. The van der Waals surface area contributed by atoms with Gasteiger partial charge in [-0.2, -0.15) is 15.5 Å². The standard InChI is InChI=1S/C26H26N10O/c1-33-14-20(11-29-33)19-8-23(26-24(9-27)31-32-36(26)15-19)21-12-30-35(16-21)22-4-3-7-34(17-22)13-18-5-6-25(37-2)28-10-18/h5-6,8,10-12,14-16,22H,3-4,7,13,17H2,1-2H3/t22-/m0/s1. The zero-order valence-corrected chi connectivity index (χ0v) is 20.7. The van der Waals surface area contributed by atoms with Crippen molar-refractivity contribution >= 4 is 5.52 Å². The van der Waals surface area contributed by atoms with Gasteiger partial charge >= 0.3 is 0 Å². The van der Waals surface area contributed by atoms with Crippen LogP contribution >= 0.6 is 0 Å². The van der Waals surface area contributed by atoms with Crippen molar-refractivity contribution in [3.8, 4) is 34.2 Å². The Bertz CT molecular complexity index is 1590. The molecule has 1 aliphatic heterocycles. The highest BCUT2D eigenvalue weighted by Crippen LogP contribution is 2.32. The highest BCUT2D eigenvalue weighted by Gasteiger charge is 2.23. The van der Waals surface area contributed by atoms with Crippen LogP contribution in [-0.4, -0.2) is 64.5 Å². The second-order valence-corrected chi connectivity index (χ2v) is 9.34. The van der Waals surface area contributed by atoms with Crippen LogP contribution < -0.4 is 4.74 Å². The summed E-state index contributed by atoms with van der Waals surface area (Å²) in [6.45, 7) is 2.77. The van der Waals surface area contributed by atoms with E-state index in [2.05, 4.69) is 54.4 Å². The van der Waals surface area contributed by atoms with Gasteiger partial charge in [-0.25, -0.2) is 9.50 Å². The number of hydrogen-bond donors (Lipinski definition) is 0. The fraction of sp³-hybridized carbons (Fsp3) is 0.308. The predicted octanol–water partition coefficient (Wildman–Crippen LogP) is 3.11. The molecule has 1 aliphatic rings. The molecule has 11 heteroatoms. The zero-order chi connectivity index (χ0) is 25.4. The minimum atomic E-state index is 0.254. The molecule has 11 nitrogen and oxygen atoms in total. The van der Waals surface area contributed by atoms with Crippen LogP contribution in [0, 0.1) is 11.3 Å². The Balaban J connectivity index is 1.29.